The Morgan fingerprint density at radius 1 is 1.29 bits per heavy atom. The van der Waals surface area contributed by atoms with E-state index in [-0.39, 0.29) is 0 Å². The third-order valence-electron chi connectivity index (χ3n) is 3.01. The van der Waals surface area contributed by atoms with Crippen LogP contribution in [0.5, 0.6) is 0 Å². The lowest BCUT2D eigenvalue weighted by Crippen LogP contribution is -2.46. The van der Waals surface area contributed by atoms with Crippen molar-refractivity contribution in [1.29, 1.82) is 0 Å². The molecule has 1 heteroatoms. The lowest BCUT2D eigenvalue weighted by molar-refractivity contribution is 0.105. The largest absolute Gasteiger partial charge is 0.294 e. The first-order valence-corrected chi connectivity index (χ1v) is 5.85. The molecule has 0 radical (unpaired) electrons. The number of allylic oxidation sites excluding steroid dienone is 1. The molecule has 0 aromatic rings. The van der Waals surface area contributed by atoms with Crippen molar-refractivity contribution in [1.82, 2.24) is 4.90 Å². The monoisotopic (exact) mass is 195 g/mol. The van der Waals surface area contributed by atoms with E-state index in [1.807, 2.05) is 0 Å². The normalized spacial score (nSPS) is 25.4. The maximum Gasteiger partial charge on any atom is 0.0329 e. The van der Waals surface area contributed by atoms with Gasteiger partial charge in [0, 0.05) is 12.1 Å². The average Bonchev–Trinajstić information content (AvgIpc) is 2.26. The van der Waals surface area contributed by atoms with Gasteiger partial charge in [-0.15, -0.1) is 0 Å². The Hall–Kier alpha value is -0.300. The Bertz CT molecular complexity index is 198. The van der Waals surface area contributed by atoms with Crippen LogP contribution >= 0.6 is 0 Å². The van der Waals surface area contributed by atoms with Crippen LogP contribution in [0.2, 0.25) is 0 Å². The van der Waals surface area contributed by atoms with Crippen LogP contribution < -0.4 is 0 Å². The minimum Gasteiger partial charge on any atom is -0.294 e. The molecule has 1 unspecified atom stereocenters. The highest BCUT2D eigenvalue weighted by Gasteiger charge is 2.30. The van der Waals surface area contributed by atoms with Gasteiger partial charge in [-0.05, 0) is 38.6 Å². The van der Waals surface area contributed by atoms with Crippen LogP contribution in [0.3, 0.4) is 0 Å². The minimum atomic E-state index is 0.352. The summed E-state index contributed by atoms with van der Waals surface area (Å²) in [6, 6.07) is 1.26. The van der Waals surface area contributed by atoms with E-state index in [0.29, 0.717) is 17.5 Å². The molecule has 1 nitrogen and oxygen atoms in total. The highest BCUT2D eigenvalue weighted by molar-refractivity contribution is 5.03. The first-order valence-electron chi connectivity index (χ1n) is 5.85. The number of hydrogen-bond donors (Lipinski definition) is 0. The summed E-state index contributed by atoms with van der Waals surface area (Å²) in [4.78, 5) is 2.63. The van der Waals surface area contributed by atoms with Crippen LogP contribution in [0, 0.1) is 5.41 Å². The maximum atomic E-state index is 2.63. The molecule has 0 bridgehead atoms. The molecule has 0 aliphatic carbocycles. The van der Waals surface area contributed by atoms with Gasteiger partial charge in [0.15, 0.2) is 0 Å². The van der Waals surface area contributed by atoms with Gasteiger partial charge in [-0.25, -0.2) is 0 Å². The van der Waals surface area contributed by atoms with Crippen LogP contribution in [0.25, 0.3) is 0 Å². The molecular formula is C13H25N. The lowest BCUT2D eigenvalue weighted by Gasteiger charge is -2.40. The Morgan fingerprint density at radius 3 is 2.43 bits per heavy atom. The highest BCUT2D eigenvalue weighted by Crippen LogP contribution is 2.29. The van der Waals surface area contributed by atoms with Gasteiger partial charge in [-0.2, -0.15) is 0 Å². The fraction of sp³-hybridized carbons (Fsp3) is 0.846. The second kappa shape index (κ2) is 4.48. The van der Waals surface area contributed by atoms with Gasteiger partial charge < -0.3 is 0 Å². The van der Waals surface area contributed by atoms with Crippen LogP contribution in [-0.4, -0.2) is 23.5 Å². The molecule has 0 N–H and O–H groups in total. The zero-order valence-corrected chi connectivity index (χ0v) is 10.4. The van der Waals surface area contributed by atoms with Gasteiger partial charge in [0.25, 0.3) is 0 Å². The van der Waals surface area contributed by atoms with E-state index in [9.17, 15) is 0 Å². The molecule has 1 atom stereocenters. The standard InChI is InChI=1S/C13H25N/c1-11(2)14-10-8-6-7-9-12(14)13(3,4)5/h7,9,11-12H,6,8,10H2,1-5H3. The Labute approximate surface area is 89.2 Å². The van der Waals surface area contributed by atoms with Gasteiger partial charge in [-0.3, -0.25) is 4.90 Å². The number of nitrogens with zero attached hydrogens (tertiary/aromatic N) is 1. The third-order valence-corrected chi connectivity index (χ3v) is 3.01. The Balaban J connectivity index is 2.83. The van der Waals surface area contributed by atoms with Gasteiger partial charge in [0.2, 0.25) is 0 Å². The number of hydrogen-bond acceptors (Lipinski definition) is 1. The predicted octanol–water partition coefficient (Wildman–Crippen LogP) is 3.46. The van der Waals surface area contributed by atoms with Crippen molar-refractivity contribution in [2.75, 3.05) is 6.54 Å². The predicted molar refractivity (Wildman–Crippen MR) is 63.5 cm³/mol. The van der Waals surface area contributed by atoms with E-state index >= 15 is 0 Å². The minimum absolute atomic E-state index is 0.352. The summed E-state index contributed by atoms with van der Waals surface area (Å²) < 4.78 is 0. The Kier molecular flexibility index (Phi) is 3.77. The number of rotatable bonds is 1. The molecule has 0 saturated carbocycles. The maximum absolute atomic E-state index is 2.63. The summed E-state index contributed by atoms with van der Waals surface area (Å²) in [5, 5.41) is 0. The molecule has 82 valence electrons. The summed E-state index contributed by atoms with van der Waals surface area (Å²) >= 11 is 0. The molecule has 0 amide bonds. The van der Waals surface area contributed by atoms with Crippen LogP contribution in [0.15, 0.2) is 12.2 Å². The SMILES string of the molecule is CC(C)N1CCCC=CC1C(C)(C)C. The second-order valence-electron chi connectivity index (χ2n) is 5.71. The van der Waals surface area contributed by atoms with E-state index in [4.69, 9.17) is 0 Å². The van der Waals surface area contributed by atoms with Crippen molar-refractivity contribution in [2.45, 2.75) is 59.5 Å². The van der Waals surface area contributed by atoms with E-state index in [1.165, 1.54) is 19.4 Å². The van der Waals surface area contributed by atoms with Crippen LogP contribution in [0.1, 0.15) is 47.5 Å². The Morgan fingerprint density at radius 2 is 1.93 bits per heavy atom. The summed E-state index contributed by atoms with van der Waals surface area (Å²) in [7, 11) is 0. The molecule has 0 saturated heterocycles. The molecule has 14 heavy (non-hydrogen) atoms. The molecule has 0 aromatic carbocycles. The van der Waals surface area contributed by atoms with Crippen LogP contribution in [-0.2, 0) is 0 Å². The topological polar surface area (TPSA) is 3.24 Å². The summed E-state index contributed by atoms with van der Waals surface area (Å²) in [5.74, 6) is 0. The van der Waals surface area contributed by atoms with Crippen molar-refractivity contribution >= 4 is 0 Å². The van der Waals surface area contributed by atoms with E-state index in [1.54, 1.807) is 0 Å². The molecule has 1 aliphatic heterocycles. The molecular weight excluding hydrogens is 170 g/mol. The summed E-state index contributed by atoms with van der Waals surface area (Å²) in [6.07, 6.45) is 7.32. The molecule has 0 aromatic heterocycles. The summed E-state index contributed by atoms with van der Waals surface area (Å²) in [6.45, 7) is 12.9. The van der Waals surface area contributed by atoms with Crippen LogP contribution in [0.4, 0.5) is 0 Å². The van der Waals surface area contributed by atoms with Gasteiger partial charge in [-0.1, -0.05) is 32.9 Å². The average molecular weight is 195 g/mol. The van der Waals surface area contributed by atoms with Crippen molar-refractivity contribution in [2.24, 2.45) is 5.41 Å². The third kappa shape index (κ3) is 2.84. The fourth-order valence-corrected chi connectivity index (χ4v) is 2.23. The smallest absolute Gasteiger partial charge is 0.0329 e. The summed E-state index contributed by atoms with van der Waals surface area (Å²) in [5.41, 5.74) is 0.352. The first kappa shape index (κ1) is 11.8. The van der Waals surface area contributed by atoms with E-state index in [2.05, 4.69) is 51.7 Å². The zero-order valence-electron chi connectivity index (χ0n) is 10.4. The van der Waals surface area contributed by atoms with E-state index in [0.717, 1.165) is 0 Å². The fourth-order valence-electron chi connectivity index (χ4n) is 2.23. The second-order valence-corrected chi connectivity index (χ2v) is 5.71. The van der Waals surface area contributed by atoms with E-state index < -0.39 is 0 Å². The zero-order chi connectivity index (χ0) is 10.8. The van der Waals surface area contributed by atoms with Gasteiger partial charge in [0.1, 0.15) is 0 Å². The first-order chi connectivity index (χ1) is 6.43. The van der Waals surface area contributed by atoms with Crippen molar-refractivity contribution in [3.05, 3.63) is 12.2 Å². The molecule has 0 fully saturated rings. The lowest BCUT2D eigenvalue weighted by atomic mass is 9.85. The molecule has 1 heterocycles. The van der Waals surface area contributed by atoms with Gasteiger partial charge in [0.05, 0.1) is 0 Å². The highest BCUT2D eigenvalue weighted by atomic mass is 15.2. The van der Waals surface area contributed by atoms with Crippen molar-refractivity contribution < 1.29 is 0 Å². The van der Waals surface area contributed by atoms with Crippen molar-refractivity contribution in [3.8, 4) is 0 Å². The quantitative estimate of drug-likeness (QED) is 0.579. The van der Waals surface area contributed by atoms with Gasteiger partial charge >= 0.3 is 0 Å². The molecule has 1 aliphatic rings. The molecule has 0 spiro atoms. The van der Waals surface area contributed by atoms with Crippen molar-refractivity contribution in [3.63, 3.8) is 0 Å². The molecule has 1 rings (SSSR count).